The van der Waals surface area contributed by atoms with E-state index in [0.717, 1.165) is 44.9 Å². The molecule has 0 aliphatic rings. The maximum absolute atomic E-state index is 12.3. The molecule has 0 heterocycles. The Bertz CT molecular complexity index is 650. The van der Waals surface area contributed by atoms with Crippen LogP contribution in [0.4, 0.5) is 0 Å². The molecule has 0 saturated heterocycles. The maximum atomic E-state index is 12.3. The zero-order chi connectivity index (χ0) is 32.4. The molecular formula is C39H75NO4. The molecule has 44 heavy (non-hydrogen) atoms. The van der Waals surface area contributed by atoms with Crippen molar-refractivity contribution in [3.8, 4) is 0 Å². The molecule has 5 nitrogen and oxygen atoms in total. The van der Waals surface area contributed by atoms with Gasteiger partial charge in [-0.05, 0) is 38.5 Å². The van der Waals surface area contributed by atoms with Crippen molar-refractivity contribution in [1.82, 2.24) is 5.32 Å². The van der Waals surface area contributed by atoms with Crippen LogP contribution in [0, 0.1) is 0 Å². The van der Waals surface area contributed by atoms with E-state index in [-0.39, 0.29) is 6.61 Å². The molecule has 0 radical (unpaired) electrons. The molecule has 3 atom stereocenters. The summed E-state index contributed by atoms with van der Waals surface area (Å²) in [6, 6.07) is -0.799. The molecular weight excluding hydrogens is 546 g/mol. The Balaban J connectivity index is 3.66. The first-order valence-electron chi connectivity index (χ1n) is 19.2. The van der Waals surface area contributed by atoms with Crippen LogP contribution in [-0.2, 0) is 4.79 Å². The predicted molar refractivity (Wildman–Crippen MR) is 190 cm³/mol. The summed E-state index contributed by atoms with van der Waals surface area (Å²) in [5.74, 6) is -0.519. The van der Waals surface area contributed by atoms with Gasteiger partial charge in [0.2, 0.25) is 5.91 Å². The van der Waals surface area contributed by atoms with Gasteiger partial charge in [0.25, 0.3) is 0 Å². The number of aliphatic hydroxyl groups excluding tert-OH is 3. The van der Waals surface area contributed by atoms with Gasteiger partial charge in [0.05, 0.1) is 18.8 Å². The Morgan fingerprint density at radius 2 is 0.932 bits per heavy atom. The number of carbonyl (C=O) groups excluding carboxylic acids is 1. The Hall–Kier alpha value is -1.17. The van der Waals surface area contributed by atoms with Crippen molar-refractivity contribution in [1.29, 1.82) is 0 Å². The molecule has 3 unspecified atom stereocenters. The molecule has 0 aliphatic heterocycles. The fourth-order valence-electron chi connectivity index (χ4n) is 5.69. The fourth-order valence-corrected chi connectivity index (χ4v) is 5.69. The summed E-state index contributed by atoms with van der Waals surface area (Å²) in [4.78, 5) is 12.3. The largest absolute Gasteiger partial charge is 0.394 e. The summed E-state index contributed by atoms with van der Waals surface area (Å²) in [5, 5.41) is 32.9. The number of hydrogen-bond acceptors (Lipinski definition) is 4. The van der Waals surface area contributed by atoms with E-state index in [1.54, 1.807) is 6.08 Å². The van der Waals surface area contributed by atoms with E-state index < -0.39 is 24.2 Å². The average Bonchev–Trinajstić information content (AvgIpc) is 3.03. The van der Waals surface area contributed by atoms with Gasteiger partial charge in [-0.25, -0.2) is 0 Å². The smallest absolute Gasteiger partial charge is 0.249 e. The highest BCUT2D eigenvalue weighted by molar-refractivity contribution is 5.80. The van der Waals surface area contributed by atoms with Gasteiger partial charge >= 0.3 is 0 Å². The molecule has 0 aromatic carbocycles. The Kier molecular flexibility index (Phi) is 33.8. The first-order valence-corrected chi connectivity index (χ1v) is 19.2. The predicted octanol–water partition coefficient (Wildman–Crippen LogP) is 10.3. The van der Waals surface area contributed by atoms with Crippen molar-refractivity contribution in [3.05, 3.63) is 24.3 Å². The van der Waals surface area contributed by atoms with Gasteiger partial charge in [-0.15, -0.1) is 0 Å². The Morgan fingerprint density at radius 3 is 1.39 bits per heavy atom. The van der Waals surface area contributed by atoms with Crippen LogP contribution in [0.2, 0.25) is 0 Å². The molecule has 0 bridgehead atoms. The second-order valence-corrected chi connectivity index (χ2v) is 13.1. The van der Waals surface area contributed by atoms with Crippen LogP contribution >= 0.6 is 0 Å². The van der Waals surface area contributed by atoms with Crippen LogP contribution in [0.15, 0.2) is 24.3 Å². The topological polar surface area (TPSA) is 89.8 Å². The third-order valence-corrected chi connectivity index (χ3v) is 8.79. The van der Waals surface area contributed by atoms with Crippen LogP contribution in [0.25, 0.3) is 0 Å². The van der Waals surface area contributed by atoms with Crippen molar-refractivity contribution < 1.29 is 20.1 Å². The number of nitrogens with one attached hydrogen (secondary N) is 1. The molecule has 1 amide bonds. The van der Waals surface area contributed by atoms with E-state index in [1.807, 2.05) is 6.08 Å². The van der Waals surface area contributed by atoms with E-state index in [1.165, 1.54) is 128 Å². The van der Waals surface area contributed by atoms with Gasteiger partial charge in [0, 0.05) is 0 Å². The maximum Gasteiger partial charge on any atom is 0.249 e. The lowest BCUT2D eigenvalue weighted by molar-refractivity contribution is -0.131. The number of hydrogen-bond donors (Lipinski definition) is 4. The number of amides is 1. The lowest BCUT2D eigenvalue weighted by Crippen LogP contribution is -2.48. The van der Waals surface area contributed by atoms with Crippen molar-refractivity contribution in [2.75, 3.05) is 6.61 Å². The highest BCUT2D eigenvalue weighted by Crippen LogP contribution is 2.15. The minimum absolute atomic E-state index is 0.367. The molecule has 5 heteroatoms. The summed E-state index contributed by atoms with van der Waals surface area (Å²) < 4.78 is 0. The van der Waals surface area contributed by atoms with Gasteiger partial charge in [-0.2, -0.15) is 0 Å². The number of rotatable bonds is 34. The van der Waals surface area contributed by atoms with Crippen LogP contribution in [0.1, 0.15) is 194 Å². The molecule has 0 aromatic heterocycles. The summed E-state index contributed by atoms with van der Waals surface area (Å²) in [5.41, 5.74) is 0. The van der Waals surface area contributed by atoms with E-state index in [4.69, 9.17) is 0 Å². The monoisotopic (exact) mass is 622 g/mol. The molecule has 260 valence electrons. The molecule has 0 spiro atoms. The van der Waals surface area contributed by atoms with Crippen LogP contribution in [0.3, 0.4) is 0 Å². The molecule has 0 aliphatic carbocycles. The molecule has 0 aromatic rings. The first-order chi connectivity index (χ1) is 21.6. The number of allylic oxidation sites excluding steroid dienone is 3. The van der Waals surface area contributed by atoms with Crippen LogP contribution in [0.5, 0.6) is 0 Å². The van der Waals surface area contributed by atoms with Crippen molar-refractivity contribution in [3.63, 3.8) is 0 Å². The molecule has 4 N–H and O–H groups in total. The van der Waals surface area contributed by atoms with Gasteiger partial charge in [0.1, 0.15) is 6.10 Å². The minimum atomic E-state index is -1.11. The minimum Gasteiger partial charge on any atom is -0.394 e. The number of unbranched alkanes of at least 4 members (excludes halogenated alkanes) is 24. The van der Waals surface area contributed by atoms with E-state index >= 15 is 0 Å². The summed E-state index contributed by atoms with van der Waals surface area (Å²) in [6.07, 6.45) is 40.7. The Labute approximate surface area is 273 Å². The van der Waals surface area contributed by atoms with Crippen molar-refractivity contribution in [2.24, 2.45) is 0 Å². The molecule has 0 saturated carbocycles. The summed E-state index contributed by atoms with van der Waals surface area (Å²) in [7, 11) is 0. The third kappa shape index (κ3) is 29.5. The van der Waals surface area contributed by atoms with Gasteiger partial charge in [-0.1, -0.05) is 179 Å². The quantitative estimate of drug-likeness (QED) is 0.0425. The van der Waals surface area contributed by atoms with Crippen LogP contribution in [-0.4, -0.2) is 46.1 Å². The van der Waals surface area contributed by atoms with Crippen LogP contribution < -0.4 is 5.32 Å². The highest BCUT2D eigenvalue weighted by atomic mass is 16.3. The molecule has 0 rings (SSSR count). The zero-order valence-electron chi connectivity index (χ0n) is 29.3. The number of carbonyl (C=O) groups is 1. The van der Waals surface area contributed by atoms with Gasteiger partial charge in [0.15, 0.2) is 0 Å². The van der Waals surface area contributed by atoms with Crippen molar-refractivity contribution >= 4 is 5.91 Å². The second kappa shape index (κ2) is 34.7. The van der Waals surface area contributed by atoms with Crippen molar-refractivity contribution in [2.45, 2.75) is 212 Å². The second-order valence-electron chi connectivity index (χ2n) is 13.1. The zero-order valence-corrected chi connectivity index (χ0v) is 29.3. The van der Waals surface area contributed by atoms with E-state index in [2.05, 4.69) is 31.3 Å². The van der Waals surface area contributed by atoms with E-state index in [0.29, 0.717) is 6.42 Å². The Morgan fingerprint density at radius 1 is 0.545 bits per heavy atom. The molecule has 0 fully saturated rings. The lowest BCUT2D eigenvalue weighted by atomic mass is 10.0. The highest BCUT2D eigenvalue weighted by Gasteiger charge is 2.22. The summed E-state index contributed by atoms with van der Waals surface area (Å²) >= 11 is 0. The lowest BCUT2D eigenvalue weighted by Gasteiger charge is -2.21. The van der Waals surface area contributed by atoms with Gasteiger partial charge in [-0.3, -0.25) is 4.79 Å². The third-order valence-electron chi connectivity index (χ3n) is 8.79. The average molecular weight is 622 g/mol. The fraction of sp³-hybridized carbons (Fsp3) is 0.872. The first kappa shape index (κ1) is 42.8. The number of aliphatic hydroxyl groups is 3. The van der Waals surface area contributed by atoms with E-state index in [9.17, 15) is 20.1 Å². The SMILES string of the molecule is CCCC/C=C\CCCCCC(O)C(=O)NC(CO)C(O)/C=C/CCCCCCCCCCCCCCCCCCCCC. The van der Waals surface area contributed by atoms with Gasteiger partial charge < -0.3 is 20.6 Å². The standard InChI is InChI=1S/C39H75NO4/c1-3-5-7-9-11-13-14-15-16-17-18-19-20-21-22-23-24-26-27-29-31-33-37(42)36(35-41)40-39(44)38(43)34-32-30-28-25-12-10-8-6-4-2/h10,12,31,33,36-38,41-43H,3-9,11,13-30,32,34-35H2,1-2H3,(H,40,44)/b12-10-,33-31+. The summed E-state index contributed by atoms with van der Waals surface area (Å²) in [6.45, 7) is 4.11. The normalized spacial score (nSPS) is 14.0.